The summed E-state index contributed by atoms with van der Waals surface area (Å²) in [6, 6.07) is 5.81. The number of halogens is 1. The highest BCUT2D eigenvalue weighted by Crippen LogP contribution is 2.38. The second-order valence-corrected chi connectivity index (χ2v) is 6.34. The summed E-state index contributed by atoms with van der Waals surface area (Å²) in [4.78, 5) is 36.7. The molecule has 6 nitrogen and oxygen atoms in total. The van der Waals surface area contributed by atoms with Gasteiger partial charge in [0, 0.05) is 19.1 Å². The molecule has 0 radical (unpaired) electrons. The second-order valence-electron chi connectivity index (χ2n) is 6.34. The molecule has 2 unspecified atom stereocenters. The summed E-state index contributed by atoms with van der Waals surface area (Å²) in [5.74, 6) is -3.02. The van der Waals surface area contributed by atoms with Gasteiger partial charge < -0.3 is 15.3 Å². The average Bonchev–Trinajstić information content (AvgIpc) is 3.36. The number of piperidine rings is 1. The van der Waals surface area contributed by atoms with E-state index in [1.807, 2.05) is 0 Å². The van der Waals surface area contributed by atoms with Crippen molar-refractivity contribution < 1.29 is 23.9 Å². The Kier molecular flexibility index (Phi) is 4.51. The molecule has 1 saturated carbocycles. The minimum Gasteiger partial charge on any atom is -0.481 e. The number of carboxylic acid groups (broad SMARTS) is 1. The Morgan fingerprint density at radius 1 is 1.12 bits per heavy atom. The molecule has 0 aromatic heterocycles. The van der Waals surface area contributed by atoms with Gasteiger partial charge in [-0.25, -0.2) is 4.39 Å². The van der Waals surface area contributed by atoms with Crippen LogP contribution in [0.1, 0.15) is 29.6 Å². The van der Waals surface area contributed by atoms with Gasteiger partial charge in [0.2, 0.25) is 5.91 Å². The molecule has 1 aromatic rings. The van der Waals surface area contributed by atoms with Gasteiger partial charge in [0.15, 0.2) is 0 Å². The molecule has 2 amide bonds. The normalized spacial score (nSPS) is 23.6. The van der Waals surface area contributed by atoms with Gasteiger partial charge in [0.1, 0.15) is 5.82 Å². The van der Waals surface area contributed by atoms with Crippen molar-refractivity contribution in [1.29, 1.82) is 0 Å². The van der Waals surface area contributed by atoms with Crippen molar-refractivity contribution in [1.82, 2.24) is 10.2 Å². The van der Waals surface area contributed by atoms with E-state index in [4.69, 9.17) is 5.11 Å². The minimum absolute atomic E-state index is 0.0577. The molecule has 7 heteroatoms. The first-order valence-electron chi connectivity index (χ1n) is 8.04. The van der Waals surface area contributed by atoms with Crippen LogP contribution >= 0.6 is 0 Å². The number of carboxylic acids is 1. The Morgan fingerprint density at radius 3 is 2.38 bits per heavy atom. The van der Waals surface area contributed by atoms with E-state index in [0.29, 0.717) is 32.4 Å². The number of hydrogen-bond acceptors (Lipinski definition) is 3. The Hall–Kier alpha value is -2.44. The first-order valence-corrected chi connectivity index (χ1v) is 8.04. The van der Waals surface area contributed by atoms with Crippen molar-refractivity contribution in [3.8, 4) is 0 Å². The van der Waals surface area contributed by atoms with E-state index >= 15 is 0 Å². The number of likely N-dealkylation sites (tertiary alicyclic amines) is 1. The Morgan fingerprint density at radius 2 is 1.79 bits per heavy atom. The summed E-state index contributed by atoms with van der Waals surface area (Å²) < 4.78 is 13.7. The lowest BCUT2D eigenvalue weighted by Gasteiger charge is -2.32. The molecule has 1 aliphatic carbocycles. The molecule has 1 aromatic carbocycles. The number of carbonyl (C=O) groups is 3. The number of nitrogens with zero attached hydrogens (tertiary/aromatic N) is 1. The SMILES string of the molecule is O=C(O)C1CC1C(=O)NC1CCN(C(=O)c2ccccc2F)CC1. The van der Waals surface area contributed by atoms with E-state index in [1.54, 1.807) is 11.0 Å². The molecule has 0 spiro atoms. The van der Waals surface area contributed by atoms with E-state index < -0.39 is 23.6 Å². The molecular weight excluding hydrogens is 315 g/mol. The summed E-state index contributed by atoms with van der Waals surface area (Å²) >= 11 is 0. The van der Waals surface area contributed by atoms with Gasteiger partial charge in [0.25, 0.3) is 5.91 Å². The summed E-state index contributed by atoms with van der Waals surface area (Å²) in [5, 5.41) is 11.7. The van der Waals surface area contributed by atoms with Crippen LogP contribution in [-0.4, -0.2) is 46.9 Å². The molecule has 0 bridgehead atoms. The topological polar surface area (TPSA) is 86.7 Å². The van der Waals surface area contributed by atoms with Gasteiger partial charge in [-0.15, -0.1) is 0 Å². The van der Waals surface area contributed by atoms with Crippen molar-refractivity contribution in [2.75, 3.05) is 13.1 Å². The smallest absolute Gasteiger partial charge is 0.307 e. The van der Waals surface area contributed by atoms with Gasteiger partial charge >= 0.3 is 5.97 Å². The molecule has 3 rings (SSSR count). The van der Waals surface area contributed by atoms with E-state index in [0.717, 1.165) is 0 Å². The number of rotatable bonds is 4. The quantitative estimate of drug-likeness (QED) is 0.868. The van der Waals surface area contributed by atoms with Crippen LogP contribution in [0.2, 0.25) is 0 Å². The number of carbonyl (C=O) groups excluding carboxylic acids is 2. The van der Waals surface area contributed by atoms with E-state index in [2.05, 4.69) is 5.32 Å². The number of amides is 2. The van der Waals surface area contributed by atoms with Gasteiger partial charge in [-0.05, 0) is 31.4 Å². The fourth-order valence-electron chi connectivity index (χ4n) is 3.10. The standard InChI is InChI=1S/C17H19FN2O4/c18-14-4-2-1-3-11(14)16(22)20-7-5-10(6-8-20)19-15(21)12-9-13(12)17(23)24/h1-4,10,12-13H,5-9H2,(H,19,21)(H,23,24). The van der Waals surface area contributed by atoms with Gasteiger partial charge in [-0.2, -0.15) is 0 Å². The largest absolute Gasteiger partial charge is 0.481 e. The second kappa shape index (κ2) is 6.59. The zero-order chi connectivity index (χ0) is 17.3. The molecule has 2 N–H and O–H groups in total. The third kappa shape index (κ3) is 3.39. The molecule has 128 valence electrons. The van der Waals surface area contributed by atoms with Crippen molar-refractivity contribution in [3.05, 3.63) is 35.6 Å². The third-order valence-corrected chi connectivity index (χ3v) is 4.68. The molecule has 2 aliphatic rings. The first kappa shape index (κ1) is 16.4. The van der Waals surface area contributed by atoms with Crippen LogP contribution in [0.25, 0.3) is 0 Å². The van der Waals surface area contributed by atoms with Crippen LogP contribution in [0.3, 0.4) is 0 Å². The van der Waals surface area contributed by atoms with Gasteiger partial charge in [-0.3, -0.25) is 14.4 Å². The molecular formula is C17H19FN2O4. The lowest BCUT2D eigenvalue weighted by molar-refractivity contribution is -0.140. The van der Waals surface area contributed by atoms with Crippen molar-refractivity contribution >= 4 is 17.8 Å². The molecule has 24 heavy (non-hydrogen) atoms. The number of nitrogens with one attached hydrogen (secondary N) is 1. The zero-order valence-electron chi connectivity index (χ0n) is 13.1. The van der Waals surface area contributed by atoms with Crippen LogP contribution in [-0.2, 0) is 9.59 Å². The first-order chi connectivity index (χ1) is 11.5. The third-order valence-electron chi connectivity index (χ3n) is 4.68. The highest BCUT2D eigenvalue weighted by Gasteiger charge is 2.48. The molecule has 2 atom stereocenters. The van der Waals surface area contributed by atoms with Crippen molar-refractivity contribution in [2.45, 2.75) is 25.3 Å². The highest BCUT2D eigenvalue weighted by atomic mass is 19.1. The molecule has 1 heterocycles. The van der Waals surface area contributed by atoms with Crippen LogP contribution in [0.4, 0.5) is 4.39 Å². The number of aliphatic carboxylic acids is 1. The molecule has 2 fully saturated rings. The fourth-order valence-corrected chi connectivity index (χ4v) is 3.10. The lowest BCUT2D eigenvalue weighted by atomic mass is 10.0. The molecule has 1 aliphatic heterocycles. The fraction of sp³-hybridized carbons (Fsp3) is 0.471. The van der Waals surface area contributed by atoms with E-state index in [-0.39, 0.29) is 23.4 Å². The molecule has 1 saturated heterocycles. The minimum atomic E-state index is -0.930. The zero-order valence-corrected chi connectivity index (χ0v) is 13.1. The van der Waals surface area contributed by atoms with E-state index in [1.165, 1.54) is 18.2 Å². The van der Waals surface area contributed by atoms with Crippen molar-refractivity contribution in [3.63, 3.8) is 0 Å². The van der Waals surface area contributed by atoms with Crippen LogP contribution in [0.15, 0.2) is 24.3 Å². The predicted molar refractivity (Wildman–Crippen MR) is 82.7 cm³/mol. The predicted octanol–water partition coefficient (Wildman–Crippen LogP) is 1.27. The summed E-state index contributed by atoms with van der Waals surface area (Å²) in [6.07, 6.45) is 1.55. The van der Waals surface area contributed by atoms with E-state index in [9.17, 15) is 18.8 Å². The Labute approximate surface area is 138 Å². The monoisotopic (exact) mass is 334 g/mol. The maximum absolute atomic E-state index is 13.7. The summed E-state index contributed by atoms with van der Waals surface area (Å²) in [5.41, 5.74) is 0.0577. The van der Waals surface area contributed by atoms with Crippen molar-refractivity contribution in [2.24, 2.45) is 11.8 Å². The van der Waals surface area contributed by atoms with Crippen LogP contribution in [0.5, 0.6) is 0 Å². The summed E-state index contributed by atoms with van der Waals surface area (Å²) in [7, 11) is 0. The number of benzene rings is 1. The van der Waals surface area contributed by atoms with Crippen LogP contribution < -0.4 is 5.32 Å². The Balaban J connectivity index is 1.49. The average molecular weight is 334 g/mol. The summed E-state index contributed by atoms with van der Waals surface area (Å²) in [6.45, 7) is 0.871. The number of hydrogen-bond donors (Lipinski definition) is 2. The van der Waals surface area contributed by atoms with Gasteiger partial charge in [-0.1, -0.05) is 12.1 Å². The lowest BCUT2D eigenvalue weighted by Crippen LogP contribution is -2.47. The highest BCUT2D eigenvalue weighted by molar-refractivity contribution is 5.94. The van der Waals surface area contributed by atoms with Gasteiger partial charge in [0.05, 0.1) is 17.4 Å². The maximum atomic E-state index is 13.7. The maximum Gasteiger partial charge on any atom is 0.307 e. The van der Waals surface area contributed by atoms with Crippen LogP contribution in [0, 0.1) is 17.7 Å². The Bertz CT molecular complexity index is 670.